The maximum absolute atomic E-state index is 12.5. The number of aryl methyl sites for hydroxylation is 1. The molecule has 100 valence electrons. The maximum atomic E-state index is 12.5. The molecule has 0 spiro atoms. The first-order valence-corrected chi connectivity index (χ1v) is 6.98. The third kappa shape index (κ3) is 2.59. The Bertz CT molecular complexity index is 437. The highest BCUT2D eigenvalue weighted by molar-refractivity contribution is 9.10. The molecule has 0 bridgehead atoms. The first kappa shape index (κ1) is 13.5. The summed E-state index contributed by atoms with van der Waals surface area (Å²) < 4.78 is 8.11. The molecule has 0 unspecified atom stereocenters. The fourth-order valence-electron chi connectivity index (χ4n) is 2.31. The molecule has 2 heterocycles. The van der Waals surface area contributed by atoms with E-state index in [0.717, 1.165) is 4.47 Å². The lowest BCUT2D eigenvalue weighted by Gasteiger charge is -2.35. The summed E-state index contributed by atoms with van der Waals surface area (Å²) in [5, 5.41) is 4.18. The Morgan fingerprint density at radius 1 is 1.50 bits per heavy atom. The van der Waals surface area contributed by atoms with Crippen LogP contribution in [0.15, 0.2) is 10.7 Å². The summed E-state index contributed by atoms with van der Waals surface area (Å²) in [4.78, 5) is 14.4. The van der Waals surface area contributed by atoms with Crippen molar-refractivity contribution < 1.29 is 9.53 Å². The Labute approximate surface area is 115 Å². The van der Waals surface area contributed by atoms with Gasteiger partial charge in [-0.15, -0.1) is 0 Å². The topological polar surface area (TPSA) is 47.4 Å². The molecule has 0 aliphatic carbocycles. The number of aromatic nitrogens is 2. The van der Waals surface area contributed by atoms with Crippen LogP contribution in [0.3, 0.4) is 0 Å². The quantitative estimate of drug-likeness (QED) is 0.837. The average Bonchev–Trinajstić information content (AvgIpc) is 2.68. The average molecular weight is 316 g/mol. The number of carbonyl (C=O) groups excluding carboxylic acids is 1. The van der Waals surface area contributed by atoms with Crippen LogP contribution >= 0.6 is 15.9 Å². The van der Waals surface area contributed by atoms with Crippen LogP contribution in [0.25, 0.3) is 0 Å². The van der Waals surface area contributed by atoms with Crippen LogP contribution in [0.2, 0.25) is 0 Å². The molecule has 1 aliphatic rings. The van der Waals surface area contributed by atoms with Crippen LogP contribution in [-0.2, 0) is 11.3 Å². The van der Waals surface area contributed by atoms with E-state index >= 15 is 0 Å². The van der Waals surface area contributed by atoms with Crippen LogP contribution in [0.5, 0.6) is 0 Å². The molecule has 5 nitrogen and oxygen atoms in total. The van der Waals surface area contributed by atoms with E-state index in [2.05, 4.69) is 21.0 Å². The number of hydrogen-bond acceptors (Lipinski definition) is 3. The van der Waals surface area contributed by atoms with Crippen molar-refractivity contribution in [2.24, 2.45) is 0 Å². The standard InChI is InChI=1S/C12H18BrN3O2/c1-4-16-11(10(13)5-14-16)12(17)15-6-8(2)18-9(3)7-15/h5,8-9H,4,6-7H2,1-3H3/t8-,9-/m0/s1. The van der Waals surface area contributed by atoms with Crippen LogP contribution in [0.1, 0.15) is 31.3 Å². The SMILES string of the molecule is CCn1ncc(Br)c1C(=O)N1C[C@H](C)O[C@@H](C)C1. The summed E-state index contributed by atoms with van der Waals surface area (Å²) in [6.07, 6.45) is 1.83. The summed E-state index contributed by atoms with van der Waals surface area (Å²) in [5.74, 6) is 0.0169. The molecule has 1 saturated heterocycles. The Balaban J connectivity index is 2.22. The number of halogens is 1. The third-order valence-corrected chi connectivity index (χ3v) is 3.58. The summed E-state index contributed by atoms with van der Waals surface area (Å²) in [5.41, 5.74) is 0.624. The van der Waals surface area contributed by atoms with Crippen molar-refractivity contribution >= 4 is 21.8 Å². The zero-order chi connectivity index (χ0) is 13.3. The highest BCUT2D eigenvalue weighted by atomic mass is 79.9. The first-order chi connectivity index (χ1) is 8.52. The van der Waals surface area contributed by atoms with Gasteiger partial charge in [-0.05, 0) is 36.7 Å². The van der Waals surface area contributed by atoms with Crippen molar-refractivity contribution in [3.8, 4) is 0 Å². The van der Waals surface area contributed by atoms with E-state index in [-0.39, 0.29) is 18.1 Å². The lowest BCUT2D eigenvalue weighted by Crippen LogP contribution is -2.48. The lowest BCUT2D eigenvalue weighted by molar-refractivity contribution is -0.0588. The van der Waals surface area contributed by atoms with Crippen LogP contribution in [0.4, 0.5) is 0 Å². The second-order valence-corrected chi connectivity index (χ2v) is 5.48. The number of nitrogens with zero attached hydrogens (tertiary/aromatic N) is 3. The van der Waals surface area contributed by atoms with Gasteiger partial charge in [0.15, 0.2) is 0 Å². The predicted octanol–water partition coefficient (Wildman–Crippen LogP) is 1.91. The molecule has 1 aromatic rings. The molecule has 2 rings (SSSR count). The van der Waals surface area contributed by atoms with Gasteiger partial charge in [0.05, 0.1) is 22.9 Å². The first-order valence-electron chi connectivity index (χ1n) is 6.19. The van der Waals surface area contributed by atoms with Crippen LogP contribution in [-0.4, -0.2) is 45.9 Å². The molecule has 0 radical (unpaired) electrons. The Hall–Kier alpha value is -0.880. The van der Waals surface area contributed by atoms with Crippen molar-refractivity contribution in [3.05, 3.63) is 16.4 Å². The van der Waals surface area contributed by atoms with E-state index in [0.29, 0.717) is 25.3 Å². The minimum atomic E-state index is 0.0169. The molecule has 0 saturated carbocycles. The van der Waals surface area contributed by atoms with Gasteiger partial charge in [0.25, 0.3) is 5.91 Å². The summed E-state index contributed by atoms with van der Waals surface area (Å²) in [7, 11) is 0. The smallest absolute Gasteiger partial charge is 0.273 e. The van der Waals surface area contributed by atoms with Gasteiger partial charge in [-0.2, -0.15) is 5.10 Å². The monoisotopic (exact) mass is 315 g/mol. The Morgan fingerprint density at radius 2 is 2.11 bits per heavy atom. The van der Waals surface area contributed by atoms with E-state index in [1.165, 1.54) is 0 Å². The highest BCUT2D eigenvalue weighted by Gasteiger charge is 2.29. The van der Waals surface area contributed by atoms with Gasteiger partial charge in [-0.25, -0.2) is 0 Å². The fourth-order valence-corrected chi connectivity index (χ4v) is 2.77. The number of rotatable bonds is 2. The van der Waals surface area contributed by atoms with E-state index in [1.54, 1.807) is 10.9 Å². The third-order valence-electron chi connectivity index (χ3n) is 3.00. The Kier molecular flexibility index (Phi) is 4.07. The minimum absolute atomic E-state index is 0.0169. The zero-order valence-corrected chi connectivity index (χ0v) is 12.5. The van der Waals surface area contributed by atoms with Crippen LogP contribution in [0, 0.1) is 0 Å². The van der Waals surface area contributed by atoms with Crippen molar-refractivity contribution in [2.45, 2.75) is 39.5 Å². The molecule has 6 heteroatoms. The van der Waals surface area contributed by atoms with E-state index in [4.69, 9.17) is 4.74 Å². The maximum Gasteiger partial charge on any atom is 0.273 e. The largest absolute Gasteiger partial charge is 0.372 e. The van der Waals surface area contributed by atoms with Crippen molar-refractivity contribution in [3.63, 3.8) is 0 Å². The van der Waals surface area contributed by atoms with Gasteiger partial charge < -0.3 is 9.64 Å². The summed E-state index contributed by atoms with van der Waals surface area (Å²) in [6, 6.07) is 0. The van der Waals surface area contributed by atoms with Crippen molar-refractivity contribution in [1.82, 2.24) is 14.7 Å². The predicted molar refractivity (Wildman–Crippen MR) is 71.5 cm³/mol. The number of hydrogen-bond donors (Lipinski definition) is 0. The molecule has 0 aromatic carbocycles. The lowest BCUT2D eigenvalue weighted by atomic mass is 10.2. The summed E-state index contributed by atoms with van der Waals surface area (Å²) >= 11 is 3.39. The Morgan fingerprint density at radius 3 is 2.67 bits per heavy atom. The van der Waals surface area contributed by atoms with E-state index in [1.807, 2.05) is 25.7 Å². The molecule has 1 fully saturated rings. The van der Waals surface area contributed by atoms with Gasteiger partial charge in [-0.3, -0.25) is 9.48 Å². The minimum Gasteiger partial charge on any atom is -0.372 e. The van der Waals surface area contributed by atoms with Gasteiger partial charge in [0.2, 0.25) is 0 Å². The van der Waals surface area contributed by atoms with Gasteiger partial charge in [-0.1, -0.05) is 0 Å². The number of amides is 1. The zero-order valence-electron chi connectivity index (χ0n) is 10.9. The molecule has 1 amide bonds. The number of ether oxygens (including phenoxy) is 1. The van der Waals surface area contributed by atoms with Crippen LogP contribution < -0.4 is 0 Å². The van der Waals surface area contributed by atoms with Gasteiger partial charge in [0, 0.05) is 19.6 Å². The molecule has 0 N–H and O–H groups in total. The van der Waals surface area contributed by atoms with E-state index in [9.17, 15) is 4.79 Å². The number of morpholine rings is 1. The molecule has 1 aliphatic heterocycles. The van der Waals surface area contributed by atoms with E-state index < -0.39 is 0 Å². The van der Waals surface area contributed by atoms with Gasteiger partial charge in [0.1, 0.15) is 5.69 Å². The molecular formula is C12H18BrN3O2. The normalized spacial score (nSPS) is 24.3. The highest BCUT2D eigenvalue weighted by Crippen LogP contribution is 2.20. The molecule has 2 atom stereocenters. The fraction of sp³-hybridized carbons (Fsp3) is 0.667. The summed E-state index contributed by atoms with van der Waals surface area (Å²) in [6.45, 7) is 7.89. The van der Waals surface area contributed by atoms with Gasteiger partial charge >= 0.3 is 0 Å². The molecule has 1 aromatic heterocycles. The van der Waals surface area contributed by atoms with Crippen molar-refractivity contribution in [1.29, 1.82) is 0 Å². The number of carbonyl (C=O) groups is 1. The molecular weight excluding hydrogens is 298 g/mol. The second-order valence-electron chi connectivity index (χ2n) is 4.62. The van der Waals surface area contributed by atoms with Crippen molar-refractivity contribution in [2.75, 3.05) is 13.1 Å². The molecule has 18 heavy (non-hydrogen) atoms. The second kappa shape index (κ2) is 5.40.